The second-order valence-electron chi connectivity index (χ2n) is 10.1. The van der Waals surface area contributed by atoms with Crippen molar-refractivity contribution in [3.8, 4) is 0 Å². The zero-order valence-corrected chi connectivity index (χ0v) is 20.8. The van der Waals surface area contributed by atoms with Crippen molar-refractivity contribution in [2.75, 3.05) is 0 Å². The summed E-state index contributed by atoms with van der Waals surface area (Å²) in [6.07, 6.45) is -1.96. The fourth-order valence-corrected chi connectivity index (χ4v) is 3.54. The summed E-state index contributed by atoms with van der Waals surface area (Å²) in [5.74, 6) is -0.845. The van der Waals surface area contributed by atoms with Gasteiger partial charge >= 0.3 is 18.2 Å². The van der Waals surface area contributed by atoms with E-state index in [0.717, 1.165) is 5.01 Å². The minimum absolute atomic E-state index is 0.0462. The molecule has 0 radical (unpaired) electrons. The number of nitrogens with one attached hydrogen (secondary N) is 1. The number of carbonyl (C=O) groups excluding carboxylic acids is 3. The number of hydrogen-bond donors (Lipinski definition) is 1. The van der Waals surface area contributed by atoms with Crippen LogP contribution in [0.25, 0.3) is 0 Å². The van der Waals surface area contributed by atoms with Crippen LogP contribution in [0.15, 0.2) is 65.8 Å². The molecule has 0 fully saturated rings. The van der Waals surface area contributed by atoms with E-state index in [1.807, 2.05) is 24.3 Å². The average molecular weight is 482 g/mol. The van der Waals surface area contributed by atoms with Crippen molar-refractivity contribution in [2.45, 2.75) is 64.7 Å². The SMILES string of the molecule is CC(C)(C)OC(=O)NN(C(=O)OC(C)(C)C)C1(Cc2ccccc2)C(=O)ON=C1c1ccccc1. The third-order valence-corrected chi connectivity index (χ3v) is 4.86. The molecule has 3 rings (SSSR count). The van der Waals surface area contributed by atoms with Gasteiger partial charge in [-0.05, 0) is 47.1 Å². The highest BCUT2D eigenvalue weighted by Gasteiger charge is 2.59. The summed E-state index contributed by atoms with van der Waals surface area (Å²) in [5, 5.41) is 4.88. The molecule has 1 aliphatic heterocycles. The number of rotatable bonds is 4. The Morgan fingerprint density at radius 2 is 1.46 bits per heavy atom. The molecule has 1 heterocycles. The van der Waals surface area contributed by atoms with Gasteiger partial charge in [0, 0.05) is 12.0 Å². The van der Waals surface area contributed by atoms with Gasteiger partial charge in [-0.3, -0.25) is 0 Å². The fraction of sp³-hybridized carbons (Fsp3) is 0.385. The van der Waals surface area contributed by atoms with Crippen LogP contribution in [0.1, 0.15) is 52.7 Å². The van der Waals surface area contributed by atoms with Crippen molar-refractivity contribution in [2.24, 2.45) is 5.16 Å². The van der Waals surface area contributed by atoms with Gasteiger partial charge in [0.25, 0.3) is 0 Å². The van der Waals surface area contributed by atoms with Crippen molar-refractivity contribution in [1.82, 2.24) is 10.4 Å². The maximum atomic E-state index is 13.5. The lowest BCUT2D eigenvalue weighted by Crippen LogP contribution is -2.68. The summed E-state index contributed by atoms with van der Waals surface area (Å²) in [5.41, 5.74) is 0.175. The van der Waals surface area contributed by atoms with Crippen molar-refractivity contribution in [3.63, 3.8) is 0 Å². The lowest BCUT2D eigenvalue weighted by Gasteiger charge is -2.39. The molecule has 1 atom stereocenters. The third-order valence-electron chi connectivity index (χ3n) is 4.86. The second kappa shape index (κ2) is 9.77. The number of nitrogens with zero attached hydrogens (tertiary/aromatic N) is 2. The van der Waals surface area contributed by atoms with E-state index < -0.39 is 34.9 Å². The van der Waals surface area contributed by atoms with Crippen LogP contribution >= 0.6 is 0 Å². The number of hydrazine groups is 1. The number of ether oxygens (including phenoxy) is 2. The smallest absolute Gasteiger partial charge is 0.430 e. The highest BCUT2D eigenvalue weighted by Crippen LogP contribution is 2.33. The summed E-state index contributed by atoms with van der Waals surface area (Å²) in [4.78, 5) is 45.0. The highest BCUT2D eigenvalue weighted by molar-refractivity contribution is 6.23. The second-order valence-corrected chi connectivity index (χ2v) is 10.1. The van der Waals surface area contributed by atoms with Crippen LogP contribution in [0, 0.1) is 0 Å². The molecule has 0 aromatic heterocycles. The molecule has 0 saturated heterocycles. The van der Waals surface area contributed by atoms with Gasteiger partial charge in [0.1, 0.15) is 16.9 Å². The van der Waals surface area contributed by atoms with Crippen LogP contribution in [0.2, 0.25) is 0 Å². The van der Waals surface area contributed by atoms with Crippen molar-refractivity contribution >= 4 is 23.9 Å². The van der Waals surface area contributed by atoms with Crippen LogP contribution in [-0.2, 0) is 25.5 Å². The Morgan fingerprint density at radius 3 is 2.00 bits per heavy atom. The Morgan fingerprint density at radius 1 is 0.914 bits per heavy atom. The first-order chi connectivity index (χ1) is 16.3. The normalized spacial score (nSPS) is 17.8. The maximum Gasteiger partial charge on any atom is 0.430 e. The van der Waals surface area contributed by atoms with Gasteiger partial charge in [-0.25, -0.2) is 19.8 Å². The first-order valence-corrected chi connectivity index (χ1v) is 11.2. The molecular weight excluding hydrogens is 450 g/mol. The molecular formula is C26H31N3O6. The summed E-state index contributed by atoms with van der Waals surface area (Å²) in [6, 6.07) is 17.9. The Kier molecular flexibility index (Phi) is 7.19. The standard InChI is InChI=1S/C26H31N3O6/c1-24(2,3)33-22(31)27-29(23(32)34-25(4,5)6)26(17-18-13-9-7-10-14-18)20(28-35-21(26)30)19-15-11-8-12-16-19/h7-16H,17H2,1-6H3,(H,27,31). The molecule has 0 aliphatic carbocycles. The number of amides is 2. The highest BCUT2D eigenvalue weighted by atomic mass is 16.7. The average Bonchev–Trinajstić information content (AvgIpc) is 3.07. The van der Waals surface area contributed by atoms with Crippen molar-refractivity contribution in [1.29, 1.82) is 0 Å². The number of oxime groups is 1. The monoisotopic (exact) mass is 481 g/mol. The molecule has 2 aromatic carbocycles. The molecule has 1 unspecified atom stereocenters. The Hall–Kier alpha value is -3.88. The molecule has 0 bridgehead atoms. The molecule has 0 spiro atoms. The number of benzene rings is 2. The predicted molar refractivity (Wildman–Crippen MR) is 129 cm³/mol. The first kappa shape index (κ1) is 25.7. The van der Waals surface area contributed by atoms with Crippen LogP contribution in [0.4, 0.5) is 9.59 Å². The molecule has 0 saturated carbocycles. The Bertz CT molecular complexity index is 1100. The van der Waals surface area contributed by atoms with Gasteiger partial charge in [0.15, 0.2) is 0 Å². The van der Waals surface area contributed by atoms with Crippen LogP contribution in [-0.4, -0.2) is 45.6 Å². The van der Waals surface area contributed by atoms with E-state index in [9.17, 15) is 14.4 Å². The molecule has 1 N–H and O–H groups in total. The third kappa shape index (κ3) is 6.17. The topological polar surface area (TPSA) is 107 Å². The van der Waals surface area contributed by atoms with Crippen LogP contribution in [0.3, 0.4) is 0 Å². The van der Waals surface area contributed by atoms with E-state index in [1.54, 1.807) is 77.9 Å². The first-order valence-electron chi connectivity index (χ1n) is 11.2. The summed E-state index contributed by atoms with van der Waals surface area (Å²) < 4.78 is 11.0. The largest absolute Gasteiger partial charge is 0.443 e. The van der Waals surface area contributed by atoms with E-state index in [-0.39, 0.29) is 12.1 Å². The molecule has 186 valence electrons. The van der Waals surface area contributed by atoms with Gasteiger partial charge in [-0.1, -0.05) is 65.8 Å². The van der Waals surface area contributed by atoms with Gasteiger partial charge in [0.2, 0.25) is 5.54 Å². The van der Waals surface area contributed by atoms with Crippen molar-refractivity contribution < 1.29 is 28.7 Å². The van der Waals surface area contributed by atoms with Gasteiger partial charge < -0.3 is 14.3 Å². The molecule has 35 heavy (non-hydrogen) atoms. The summed E-state index contributed by atoms with van der Waals surface area (Å²) in [6.45, 7) is 10.1. The zero-order valence-electron chi connectivity index (χ0n) is 20.8. The van der Waals surface area contributed by atoms with E-state index in [4.69, 9.17) is 14.3 Å². The van der Waals surface area contributed by atoms with E-state index in [2.05, 4.69) is 10.6 Å². The number of hydrogen-bond acceptors (Lipinski definition) is 7. The molecule has 2 aromatic rings. The Labute approximate surface area is 205 Å². The minimum Gasteiger partial charge on any atom is -0.443 e. The molecule has 9 heteroatoms. The molecule has 1 aliphatic rings. The number of carbonyl (C=O) groups is 3. The van der Waals surface area contributed by atoms with E-state index >= 15 is 0 Å². The van der Waals surface area contributed by atoms with Crippen molar-refractivity contribution in [3.05, 3.63) is 71.8 Å². The van der Waals surface area contributed by atoms with Crippen LogP contribution < -0.4 is 5.43 Å². The van der Waals surface area contributed by atoms with Gasteiger partial charge in [-0.15, -0.1) is 0 Å². The minimum atomic E-state index is -1.87. The lowest BCUT2D eigenvalue weighted by molar-refractivity contribution is -0.151. The predicted octanol–water partition coefficient (Wildman–Crippen LogP) is 4.61. The zero-order chi connectivity index (χ0) is 25.9. The Balaban J connectivity index is 2.18. The lowest BCUT2D eigenvalue weighted by atomic mass is 9.82. The quantitative estimate of drug-likeness (QED) is 0.505. The van der Waals surface area contributed by atoms with E-state index in [0.29, 0.717) is 11.1 Å². The van der Waals surface area contributed by atoms with Crippen LogP contribution in [0.5, 0.6) is 0 Å². The molecule has 9 nitrogen and oxygen atoms in total. The summed E-state index contributed by atoms with van der Waals surface area (Å²) in [7, 11) is 0. The van der Waals surface area contributed by atoms with E-state index in [1.165, 1.54) is 0 Å². The maximum absolute atomic E-state index is 13.5. The fourth-order valence-electron chi connectivity index (χ4n) is 3.54. The van der Waals surface area contributed by atoms with Gasteiger partial charge in [-0.2, -0.15) is 5.01 Å². The summed E-state index contributed by atoms with van der Waals surface area (Å²) >= 11 is 0. The molecule has 2 amide bonds. The van der Waals surface area contributed by atoms with Gasteiger partial charge in [0.05, 0.1) is 0 Å².